The molecule has 1 aromatic carbocycles. The number of aromatic nitrogens is 4. The van der Waals surface area contributed by atoms with E-state index < -0.39 is 11.7 Å². The number of nitrogens with zero attached hydrogens (tertiary/aromatic N) is 4. The van der Waals surface area contributed by atoms with Gasteiger partial charge in [-0.05, 0) is 43.3 Å². The summed E-state index contributed by atoms with van der Waals surface area (Å²) in [6.45, 7) is 2.34. The molecule has 0 spiro atoms. The number of anilines is 1. The second-order valence-corrected chi connectivity index (χ2v) is 5.24. The van der Waals surface area contributed by atoms with Gasteiger partial charge in [0.15, 0.2) is 0 Å². The van der Waals surface area contributed by atoms with Gasteiger partial charge in [-0.25, -0.2) is 4.68 Å². The van der Waals surface area contributed by atoms with Gasteiger partial charge < -0.3 is 5.32 Å². The molecule has 0 aliphatic heterocycles. The van der Waals surface area contributed by atoms with Crippen LogP contribution in [-0.4, -0.2) is 20.0 Å². The third-order valence-electron chi connectivity index (χ3n) is 3.37. The molecule has 0 bridgehead atoms. The first kappa shape index (κ1) is 16.0. The van der Waals surface area contributed by atoms with E-state index in [2.05, 4.69) is 20.6 Å². The van der Waals surface area contributed by atoms with E-state index >= 15 is 0 Å². The molecule has 5 nitrogen and oxygen atoms in total. The van der Waals surface area contributed by atoms with Gasteiger partial charge in [-0.15, -0.1) is 5.10 Å². The first-order chi connectivity index (χ1) is 11.4. The van der Waals surface area contributed by atoms with Gasteiger partial charge in [0, 0.05) is 17.6 Å². The Hall–Kier alpha value is -2.90. The molecule has 0 fully saturated rings. The molecule has 3 rings (SSSR count). The van der Waals surface area contributed by atoms with E-state index in [1.807, 2.05) is 19.1 Å². The fourth-order valence-corrected chi connectivity index (χ4v) is 2.16. The van der Waals surface area contributed by atoms with E-state index in [1.165, 1.54) is 16.8 Å². The van der Waals surface area contributed by atoms with Gasteiger partial charge in [0.25, 0.3) is 0 Å². The predicted octanol–water partition coefficient (Wildman–Crippen LogP) is 3.60. The van der Waals surface area contributed by atoms with Gasteiger partial charge >= 0.3 is 6.18 Å². The highest BCUT2D eigenvalue weighted by Gasteiger charge is 2.30. The Labute approximate surface area is 136 Å². The minimum absolute atomic E-state index is 0.449. The van der Waals surface area contributed by atoms with Crippen LogP contribution in [0.3, 0.4) is 0 Å². The summed E-state index contributed by atoms with van der Waals surface area (Å²) < 4.78 is 39.1. The fourth-order valence-electron chi connectivity index (χ4n) is 2.16. The summed E-state index contributed by atoms with van der Waals surface area (Å²) in [6, 6.07) is 8.51. The summed E-state index contributed by atoms with van der Waals surface area (Å²) in [5.41, 5.74) is 2.30. The average Bonchev–Trinajstić information content (AvgIpc) is 3.01. The molecule has 3 aromatic rings. The molecular weight excluding hydrogens is 319 g/mol. The van der Waals surface area contributed by atoms with Crippen molar-refractivity contribution in [3.05, 3.63) is 65.7 Å². The molecule has 24 heavy (non-hydrogen) atoms. The zero-order valence-corrected chi connectivity index (χ0v) is 12.7. The Morgan fingerprint density at radius 1 is 1.12 bits per heavy atom. The lowest BCUT2D eigenvalue weighted by Crippen LogP contribution is -2.05. The van der Waals surface area contributed by atoms with Crippen molar-refractivity contribution < 1.29 is 13.2 Å². The highest BCUT2D eigenvalue weighted by molar-refractivity contribution is 5.43. The summed E-state index contributed by atoms with van der Waals surface area (Å²) in [7, 11) is 0. The lowest BCUT2D eigenvalue weighted by Gasteiger charge is -2.07. The molecule has 124 valence electrons. The Bertz CT molecular complexity index is 824. The molecule has 0 unspecified atom stereocenters. The third kappa shape index (κ3) is 3.70. The minimum atomic E-state index is -4.35. The average molecular weight is 333 g/mol. The number of pyridine rings is 1. The van der Waals surface area contributed by atoms with Gasteiger partial charge in [-0.2, -0.15) is 13.2 Å². The predicted molar refractivity (Wildman–Crippen MR) is 82.7 cm³/mol. The fraction of sp³-hybridized carbons (Fsp3) is 0.188. The number of benzene rings is 1. The van der Waals surface area contributed by atoms with E-state index in [1.54, 1.807) is 12.4 Å². The van der Waals surface area contributed by atoms with Crippen molar-refractivity contribution >= 4 is 5.69 Å². The number of hydrogen-bond acceptors (Lipinski definition) is 4. The second kappa shape index (κ2) is 6.31. The van der Waals surface area contributed by atoms with E-state index in [9.17, 15) is 13.2 Å². The largest absolute Gasteiger partial charge is 0.416 e. The Morgan fingerprint density at radius 3 is 2.54 bits per heavy atom. The quantitative estimate of drug-likeness (QED) is 0.792. The lowest BCUT2D eigenvalue weighted by molar-refractivity contribution is -0.137. The second-order valence-electron chi connectivity index (χ2n) is 5.24. The van der Waals surface area contributed by atoms with Crippen LogP contribution in [0.25, 0.3) is 5.69 Å². The molecule has 0 atom stereocenters. The molecule has 0 radical (unpaired) electrons. The Morgan fingerprint density at radius 2 is 1.88 bits per heavy atom. The van der Waals surface area contributed by atoms with Gasteiger partial charge in [0.1, 0.15) is 5.69 Å². The van der Waals surface area contributed by atoms with Crippen LogP contribution in [0.15, 0.2) is 48.8 Å². The van der Waals surface area contributed by atoms with Crippen LogP contribution < -0.4 is 5.32 Å². The molecule has 0 amide bonds. The molecule has 2 aromatic heterocycles. The lowest BCUT2D eigenvalue weighted by atomic mass is 10.2. The third-order valence-corrected chi connectivity index (χ3v) is 3.37. The summed E-state index contributed by atoms with van der Waals surface area (Å²) in [6.07, 6.45) is -0.973. The zero-order valence-electron chi connectivity index (χ0n) is 12.7. The summed E-state index contributed by atoms with van der Waals surface area (Å²) in [4.78, 5) is 4.11. The molecule has 0 saturated heterocycles. The highest BCUT2D eigenvalue weighted by atomic mass is 19.4. The summed E-state index contributed by atoms with van der Waals surface area (Å²) >= 11 is 0. The summed E-state index contributed by atoms with van der Waals surface area (Å²) in [5.74, 6) is 0. The molecule has 0 aliphatic carbocycles. The van der Waals surface area contributed by atoms with Crippen molar-refractivity contribution in [2.24, 2.45) is 0 Å². The van der Waals surface area contributed by atoms with Crippen molar-refractivity contribution in [1.82, 2.24) is 20.0 Å². The topological polar surface area (TPSA) is 55.6 Å². The van der Waals surface area contributed by atoms with E-state index in [4.69, 9.17) is 0 Å². The van der Waals surface area contributed by atoms with Crippen molar-refractivity contribution in [3.8, 4) is 5.69 Å². The van der Waals surface area contributed by atoms with Crippen LogP contribution in [0.2, 0.25) is 0 Å². The number of aryl methyl sites for hydroxylation is 1. The van der Waals surface area contributed by atoms with Crippen molar-refractivity contribution in [1.29, 1.82) is 0 Å². The van der Waals surface area contributed by atoms with Crippen LogP contribution in [0, 0.1) is 6.92 Å². The van der Waals surface area contributed by atoms with Crippen LogP contribution in [0.1, 0.15) is 17.0 Å². The van der Waals surface area contributed by atoms with Gasteiger partial charge in [0.05, 0.1) is 24.0 Å². The highest BCUT2D eigenvalue weighted by Crippen LogP contribution is 2.29. The molecule has 0 aliphatic rings. The van der Waals surface area contributed by atoms with Crippen LogP contribution in [0.4, 0.5) is 18.9 Å². The van der Waals surface area contributed by atoms with Crippen molar-refractivity contribution in [2.75, 3.05) is 5.32 Å². The SMILES string of the molecule is Cc1cc(NCc2cn(-c3ccc(C(F)(F)F)cc3)nn2)ccn1. The maximum atomic E-state index is 12.6. The number of rotatable bonds is 4. The number of nitrogens with one attached hydrogen (secondary N) is 1. The number of alkyl halides is 3. The molecule has 0 saturated carbocycles. The molecule has 2 heterocycles. The first-order valence-electron chi connectivity index (χ1n) is 7.17. The van der Waals surface area contributed by atoms with Crippen LogP contribution >= 0.6 is 0 Å². The maximum Gasteiger partial charge on any atom is 0.416 e. The van der Waals surface area contributed by atoms with Gasteiger partial charge in [-0.1, -0.05) is 5.21 Å². The minimum Gasteiger partial charge on any atom is -0.379 e. The van der Waals surface area contributed by atoms with Gasteiger partial charge in [0.2, 0.25) is 0 Å². The Balaban J connectivity index is 1.69. The van der Waals surface area contributed by atoms with Crippen LogP contribution in [-0.2, 0) is 12.7 Å². The first-order valence-corrected chi connectivity index (χ1v) is 7.17. The monoisotopic (exact) mass is 333 g/mol. The molecule has 8 heteroatoms. The standard InChI is InChI=1S/C16H14F3N5/c1-11-8-13(6-7-20-11)21-9-14-10-24(23-22-14)15-4-2-12(3-5-15)16(17,18)19/h2-8,10H,9H2,1H3,(H,20,21). The Kier molecular flexibility index (Phi) is 4.20. The number of hydrogen-bond donors (Lipinski definition) is 1. The van der Waals surface area contributed by atoms with Crippen molar-refractivity contribution in [3.63, 3.8) is 0 Å². The van der Waals surface area contributed by atoms with Crippen molar-refractivity contribution in [2.45, 2.75) is 19.6 Å². The van der Waals surface area contributed by atoms with E-state index in [-0.39, 0.29) is 0 Å². The number of halogens is 3. The smallest absolute Gasteiger partial charge is 0.379 e. The zero-order chi connectivity index (χ0) is 17.2. The molecule has 1 N–H and O–H groups in total. The van der Waals surface area contributed by atoms with Crippen LogP contribution in [0.5, 0.6) is 0 Å². The normalized spacial score (nSPS) is 11.5. The van der Waals surface area contributed by atoms with E-state index in [0.717, 1.165) is 23.5 Å². The van der Waals surface area contributed by atoms with E-state index in [0.29, 0.717) is 17.9 Å². The maximum absolute atomic E-state index is 12.6. The molecular formula is C16H14F3N5. The summed E-state index contributed by atoms with van der Waals surface area (Å²) in [5, 5.41) is 11.1. The van der Waals surface area contributed by atoms with Gasteiger partial charge in [-0.3, -0.25) is 4.98 Å².